The minimum absolute atomic E-state index is 0.0260. The maximum Gasteiger partial charge on any atom is 0.246 e. The van der Waals surface area contributed by atoms with Crippen LogP contribution >= 0.6 is 0 Å². The molecule has 4 atom stereocenters. The lowest BCUT2D eigenvalue weighted by Gasteiger charge is -2.35. The van der Waals surface area contributed by atoms with Crippen molar-refractivity contribution in [3.8, 4) is 0 Å². The number of fused-ring (bicyclic) bond motifs is 1. The van der Waals surface area contributed by atoms with Gasteiger partial charge in [-0.15, -0.1) is 0 Å². The summed E-state index contributed by atoms with van der Waals surface area (Å²) in [7, 11) is 1.70. The third-order valence-corrected chi connectivity index (χ3v) is 6.16. The monoisotopic (exact) mass is 437 g/mol. The maximum absolute atomic E-state index is 13.4. The van der Waals surface area contributed by atoms with Crippen LogP contribution in [-0.4, -0.2) is 71.4 Å². The highest BCUT2D eigenvalue weighted by Crippen LogP contribution is 2.31. The maximum atomic E-state index is 13.4. The minimum atomic E-state index is -0.610. The predicted molar refractivity (Wildman–Crippen MR) is 119 cm³/mol. The second-order valence-corrected chi connectivity index (χ2v) is 8.81. The lowest BCUT2D eigenvalue weighted by molar-refractivity contribution is -0.144. The molecule has 2 rings (SSSR count). The summed E-state index contributed by atoms with van der Waals surface area (Å²) in [5.41, 5.74) is 6.41. The first-order chi connectivity index (χ1) is 14.6. The molecular weight excluding hydrogens is 398 g/mol. The molecule has 2 heterocycles. The van der Waals surface area contributed by atoms with E-state index in [0.29, 0.717) is 18.5 Å². The first-order valence-corrected chi connectivity index (χ1v) is 11.2. The highest BCUT2D eigenvalue weighted by atomic mass is 16.2. The van der Waals surface area contributed by atoms with Crippen molar-refractivity contribution in [3.63, 3.8) is 0 Å². The van der Waals surface area contributed by atoms with Gasteiger partial charge in [-0.25, -0.2) is 5.84 Å². The lowest BCUT2D eigenvalue weighted by Crippen LogP contribution is -2.58. The zero-order chi connectivity index (χ0) is 23.1. The topological polar surface area (TPSA) is 146 Å². The first kappa shape index (κ1) is 24.9. The van der Waals surface area contributed by atoms with Gasteiger partial charge in [-0.05, 0) is 53.5 Å². The van der Waals surface area contributed by atoms with E-state index in [9.17, 15) is 14.4 Å². The Hall–Kier alpha value is -2.33. The van der Waals surface area contributed by atoms with E-state index in [-0.39, 0.29) is 36.3 Å². The highest BCUT2D eigenvalue weighted by molar-refractivity contribution is 5.93. The van der Waals surface area contributed by atoms with E-state index in [1.807, 2.05) is 13.8 Å². The lowest BCUT2D eigenvalue weighted by atomic mass is 9.98. The summed E-state index contributed by atoms with van der Waals surface area (Å²) in [5, 5.41) is 10.1. The Bertz CT molecular complexity index is 682. The molecule has 0 bridgehead atoms. The Morgan fingerprint density at radius 3 is 2.52 bits per heavy atom. The van der Waals surface area contributed by atoms with Gasteiger partial charge in [-0.2, -0.15) is 0 Å². The number of nitrogens with zero attached hydrogens (tertiary/aromatic N) is 2. The minimum Gasteiger partial charge on any atom is -0.399 e. The van der Waals surface area contributed by atoms with Crippen LogP contribution in [0.25, 0.3) is 0 Å². The largest absolute Gasteiger partial charge is 0.399 e. The summed E-state index contributed by atoms with van der Waals surface area (Å²) in [4.78, 5) is 40.3. The second kappa shape index (κ2) is 11.3. The third kappa shape index (κ3) is 6.57. The average molecular weight is 438 g/mol. The molecule has 0 aromatic carbocycles. The van der Waals surface area contributed by atoms with Crippen molar-refractivity contribution in [2.75, 3.05) is 13.6 Å². The van der Waals surface area contributed by atoms with E-state index in [0.717, 1.165) is 25.7 Å². The van der Waals surface area contributed by atoms with Crippen molar-refractivity contribution < 1.29 is 14.4 Å². The summed E-state index contributed by atoms with van der Waals surface area (Å²) >= 11 is 0. The number of carbonyl (C=O) groups is 3. The molecule has 3 unspecified atom stereocenters. The average Bonchev–Trinajstić information content (AvgIpc) is 3.14. The summed E-state index contributed by atoms with van der Waals surface area (Å²) in [5.74, 6) is 5.23. The van der Waals surface area contributed by atoms with Crippen molar-refractivity contribution in [2.24, 2.45) is 11.6 Å². The van der Waals surface area contributed by atoms with Crippen molar-refractivity contribution in [3.05, 3.63) is 11.9 Å². The number of likely N-dealkylation sites (N-methyl/N-ethyl adjacent to an activating group) is 1. The fourth-order valence-electron chi connectivity index (χ4n) is 4.04. The number of nitrogens with one attached hydrogen (secondary N) is 3. The van der Waals surface area contributed by atoms with Crippen LogP contribution in [0.3, 0.4) is 0 Å². The van der Waals surface area contributed by atoms with E-state index < -0.39 is 18.1 Å². The molecule has 31 heavy (non-hydrogen) atoms. The predicted octanol–water partition coefficient (Wildman–Crippen LogP) is -0.487. The summed E-state index contributed by atoms with van der Waals surface area (Å²) < 4.78 is 0. The molecule has 2 saturated heterocycles. The van der Waals surface area contributed by atoms with Crippen molar-refractivity contribution in [1.82, 2.24) is 25.9 Å². The van der Waals surface area contributed by atoms with Crippen LogP contribution in [-0.2, 0) is 14.4 Å². The second-order valence-electron chi connectivity index (χ2n) is 8.81. The van der Waals surface area contributed by atoms with Crippen molar-refractivity contribution in [1.29, 1.82) is 0 Å². The van der Waals surface area contributed by atoms with Gasteiger partial charge in [0.05, 0.1) is 12.6 Å². The molecule has 176 valence electrons. The molecule has 10 nitrogen and oxygen atoms in total. The van der Waals surface area contributed by atoms with E-state index in [1.54, 1.807) is 25.1 Å². The normalized spacial score (nSPS) is 25.5. The van der Waals surface area contributed by atoms with Gasteiger partial charge in [0.15, 0.2) is 0 Å². The van der Waals surface area contributed by atoms with E-state index in [1.165, 1.54) is 5.01 Å². The van der Waals surface area contributed by atoms with Gasteiger partial charge in [0.2, 0.25) is 17.7 Å². The van der Waals surface area contributed by atoms with Gasteiger partial charge in [0, 0.05) is 24.0 Å². The number of hydrogen-bond acceptors (Lipinski definition) is 7. The Labute approximate surface area is 185 Å². The van der Waals surface area contributed by atoms with Gasteiger partial charge in [-0.1, -0.05) is 12.8 Å². The molecule has 0 radical (unpaired) electrons. The molecule has 2 aliphatic heterocycles. The number of amides is 3. The quantitative estimate of drug-likeness (QED) is 0.254. The number of hydrogen-bond donors (Lipinski definition) is 5. The zero-order valence-electron chi connectivity index (χ0n) is 19.2. The van der Waals surface area contributed by atoms with E-state index in [2.05, 4.69) is 16.0 Å². The SMILES string of the molecule is CN[C@@H](C)C(=O)NC1CCCCC2CCC(C(=O)NC/C(N)=C/N(N)C(C)C)N2C1=O. The standard InChI is InChI=1S/C21H39N7O3/c1-13(2)27(23)12-15(22)11-25-20(30)18-10-9-16-7-5-6-8-17(21(31)28(16)18)26-19(29)14(3)24-4/h12-14,16-18,24H,5-11,22-23H2,1-4H3,(H,25,30)(H,26,29)/b15-12-/t14-,16?,17?,18?/m0/s1. The Morgan fingerprint density at radius 2 is 1.87 bits per heavy atom. The fourth-order valence-corrected chi connectivity index (χ4v) is 4.04. The first-order valence-electron chi connectivity index (χ1n) is 11.2. The Morgan fingerprint density at radius 1 is 1.19 bits per heavy atom. The van der Waals surface area contributed by atoms with Gasteiger partial charge in [0.1, 0.15) is 12.1 Å². The van der Waals surface area contributed by atoms with Crippen LogP contribution < -0.4 is 27.5 Å². The molecule has 0 spiro atoms. The molecule has 0 saturated carbocycles. The molecule has 0 aliphatic carbocycles. The zero-order valence-corrected chi connectivity index (χ0v) is 19.2. The summed E-state index contributed by atoms with van der Waals surface area (Å²) in [6.45, 7) is 5.77. The number of carbonyl (C=O) groups excluding carboxylic acids is 3. The fraction of sp³-hybridized carbons (Fsp3) is 0.762. The summed E-state index contributed by atoms with van der Waals surface area (Å²) in [6.07, 6.45) is 6.28. The number of nitrogens with two attached hydrogens (primary N) is 2. The van der Waals surface area contributed by atoms with E-state index >= 15 is 0 Å². The molecular formula is C21H39N7O3. The molecule has 10 heteroatoms. The van der Waals surface area contributed by atoms with Crippen LogP contribution in [0.1, 0.15) is 59.3 Å². The third-order valence-electron chi connectivity index (χ3n) is 6.16. The Balaban J connectivity index is 2.07. The summed E-state index contributed by atoms with van der Waals surface area (Å²) in [6, 6.07) is -1.45. The van der Waals surface area contributed by atoms with Crippen LogP contribution in [0.2, 0.25) is 0 Å². The van der Waals surface area contributed by atoms with Crippen LogP contribution in [0.5, 0.6) is 0 Å². The Kier molecular flexibility index (Phi) is 9.12. The van der Waals surface area contributed by atoms with Gasteiger partial charge < -0.3 is 31.6 Å². The van der Waals surface area contributed by atoms with Gasteiger partial charge in [0.25, 0.3) is 0 Å². The van der Waals surface area contributed by atoms with E-state index in [4.69, 9.17) is 11.6 Å². The number of hydrazine groups is 1. The van der Waals surface area contributed by atoms with Crippen molar-refractivity contribution in [2.45, 2.75) is 89.5 Å². The van der Waals surface area contributed by atoms with Gasteiger partial charge in [-0.3, -0.25) is 14.4 Å². The molecule has 3 amide bonds. The molecule has 0 aromatic rings. The molecule has 0 aromatic heterocycles. The molecule has 7 N–H and O–H groups in total. The van der Waals surface area contributed by atoms with Crippen molar-refractivity contribution >= 4 is 17.7 Å². The highest BCUT2D eigenvalue weighted by Gasteiger charge is 2.43. The van der Waals surface area contributed by atoms with Crippen LogP contribution in [0, 0.1) is 0 Å². The smallest absolute Gasteiger partial charge is 0.246 e. The number of rotatable bonds is 8. The van der Waals surface area contributed by atoms with Crippen LogP contribution in [0.4, 0.5) is 0 Å². The van der Waals surface area contributed by atoms with Gasteiger partial charge >= 0.3 is 0 Å². The van der Waals surface area contributed by atoms with Crippen LogP contribution in [0.15, 0.2) is 11.9 Å². The molecule has 2 aliphatic rings. The molecule has 2 fully saturated rings.